The van der Waals surface area contributed by atoms with E-state index in [0.29, 0.717) is 17.3 Å². The zero-order chi connectivity index (χ0) is 19.7. The molecule has 4 rings (SSSR count). The highest BCUT2D eigenvalue weighted by Crippen LogP contribution is 2.36. The number of piperidine rings is 1. The molecule has 2 atom stereocenters. The summed E-state index contributed by atoms with van der Waals surface area (Å²) < 4.78 is 39.5. The van der Waals surface area contributed by atoms with Crippen LogP contribution < -0.4 is 0 Å². The van der Waals surface area contributed by atoms with Crippen LogP contribution in [0.1, 0.15) is 44.3 Å². The number of amides is 1. The number of alkyl halides is 3. The van der Waals surface area contributed by atoms with Crippen molar-refractivity contribution in [3.63, 3.8) is 0 Å². The van der Waals surface area contributed by atoms with E-state index in [-0.39, 0.29) is 22.2 Å². The summed E-state index contributed by atoms with van der Waals surface area (Å²) >= 11 is 1.08. The molecule has 150 valence electrons. The van der Waals surface area contributed by atoms with E-state index < -0.39 is 12.0 Å². The summed E-state index contributed by atoms with van der Waals surface area (Å²) in [6.45, 7) is 0.749. The highest BCUT2D eigenvalue weighted by atomic mass is 32.2. The van der Waals surface area contributed by atoms with E-state index >= 15 is 0 Å². The molecule has 4 nitrogen and oxygen atoms in total. The number of aromatic nitrogens is 2. The van der Waals surface area contributed by atoms with Gasteiger partial charge in [0.15, 0.2) is 0 Å². The summed E-state index contributed by atoms with van der Waals surface area (Å²) in [7, 11) is 0. The van der Waals surface area contributed by atoms with Crippen molar-refractivity contribution in [2.24, 2.45) is 5.92 Å². The smallest absolute Gasteiger partial charge is 0.339 e. The molecule has 0 unspecified atom stereocenters. The van der Waals surface area contributed by atoms with Crippen LogP contribution in [0.5, 0.6) is 0 Å². The van der Waals surface area contributed by atoms with Crippen molar-refractivity contribution in [3.05, 3.63) is 30.1 Å². The highest BCUT2D eigenvalue weighted by molar-refractivity contribution is 8.00. The Bertz CT molecular complexity index is 871. The van der Waals surface area contributed by atoms with Crippen molar-refractivity contribution in [3.8, 4) is 0 Å². The first kappa shape index (κ1) is 19.5. The molecule has 0 spiro atoms. The van der Waals surface area contributed by atoms with Gasteiger partial charge in [0.25, 0.3) is 0 Å². The third-order valence-corrected chi connectivity index (χ3v) is 6.69. The number of halogens is 3. The van der Waals surface area contributed by atoms with E-state index in [2.05, 4.69) is 9.97 Å². The standard InChI is InChI=1S/C20H22F3N3OS/c21-20(22,23)19-24-15-9-3-2-8-14(15)18(25-19)28-12-17(27)26-11-5-7-13-6-1-4-10-16(13)26/h2-3,8-9,13,16H,1,4-7,10-12H2/t13-,16-/m1/s1. The van der Waals surface area contributed by atoms with Crippen molar-refractivity contribution < 1.29 is 18.0 Å². The fourth-order valence-corrected chi connectivity index (χ4v) is 5.34. The van der Waals surface area contributed by atoms with Gasteiger partial charge in [-0.25, -0.2) is 9.97 Å². The summed E-state index contributed by atoms with van der Waals surface area (Å²) in [5, 5.41) is 0.756. The lowest BCUT2D eigenvalue weighted by molar-refractivity contribution is -0.145. The Hall–Kier alpha value is -1.83. The third kappa shape index (κ3) is 3.97. The summed E-state index contributed by atoms with van der Waals surface area (Å²) in [6.07, 6.45) is 2.14. The molecule has 2 fully saturated rings. The zero-order valence-corrected chi connectivity index (χ0v) is 16.2. The molecule has 1 aliphatic carbocycles. The predicted molar refractivity (Wildman–Crippen MR) is 102 cm³/mol. The quantitative estimate of drug-likeness (QED) is 0.533. The molecule has 0 N–H and O–H groups in total. The van der Waals surface area contributed by atoms with Gasteiger partial charge in [0.05, 0.1) is 11.3 Å². The first-order valence-electron chi connectivity index (χ1n) is 9.70. The third-order valence-electron chi connectivity index (χ3n) is 5.72. The minimum atomic E-state index is -4.62. The van der Waals surface area contributed by atoms with E-state index in [0.717, 1.165) is 37.6 Å². The van der Waals surface area contributed by atoms with Gasteiger partial charge in [-0.05, 0) is 37.7 Å². The maximum absolute atomic E-state index is 13.2. The molecule has 0 bridgehead atoms. The second kappa shape index (κ2) is 7.89. The summed E-state index contributed by atoms with van der Waals surface area (Å²) in [5.74, 6) is -0.487. The number of para-hydroxylation sites is 1. The first-order valence-corrected chi connectivity index (χ1v) is 10.7. The second-order valence-electron chi connectivity index (χ2n) is 7.50. The maximum Gasteiger partial charge on any atom is 0.451 e. The number of rotatable bonds is 3. The van der Waals surface area contributed by atoms with Crippen LogP contribution in [0.15, 0.2) is 29.3 Å². The van der Waals surface area contributed by atoms with E-state index in [1.807, 2.05) is 4.90 Å². The van der Waals surface area contributed by atoms with Gasteiger partial charge in [0.1, 0.15) is 5.03 Å². The number of hydrogen-bond acceptors (Lipinski definition) is 4. The average Bonchev–Trinajstić information content (AvgIpc) is 2.70. The van der Waals surface area contributed by atoms with Gasteiger partial charge < -0.3 is 4.90 Å². The molecule has 1 amide bonds. The van der Waals surface area contributed by atoms with Crippen LogP contribution in [0.4, 0.5) is 13.2 Å². The Kier molecular flexibility index (Phi) is 5.49. The van der Waals surface area contributed by atoms with Crippen molar-refractivity contribution in [1.29, 1.82) is 0 Å². The Morgan fingerprint density at radius 2 is 1.86 bits per heavy atom. The molecule has 1 saturated carbocycles. The second-order valence-corrected chi connectivity index (χ2v) is 8.46. The van der Waals surface area contributed by atoms with Gasteiger partial charge in [-0.2, -0.15) is 13.2 Å². The van der Waals surface area contributed by atoms with Gasteiger partial charge in [0.2, 0.25) is 11.7 Å². The summed E-state index contributed by atoms with van der Waals surface area (Å²) in [6, 6.07) is 6.91. The molecule has 2 aromatic rings. The molecular weight excluding hydrogens is 387 g/mol. The van der Waals surface area contributed by atoms with Crippen molar-refractivity contribution in [2.45, 2.75) is 55.8 Å². The van der Waals surface area contributed by atoms with Crippen molar-refractivity contribution in [1.82, 2.24) is 14.9 Å². The van der Waals surface area contributed by atoms with Gasteiger partial charge in [-0.15, -0.1) is 0 Å². The monoisotopic (exact) mass is 409 g/mol. The molecule has 8 heteroatoms. The highest BCUT2D eigenvalue weighted by Gasteiger charge is 2.37. The molecule has 2 aliphatic rings. The van der Waals surface area contributed by atoms with Gasteiger partial charge in [-0.1, -0.05) is 42.8 Å². The Morgan fingerprint density at radius 3 is 2.68 bits per heavy atom. The number of likely N-dealkylation sites (tertiary alicyclic amines) is 1. The fraction of sp³-hybridized carbons (Fsp3) is 0.550. The Balaban J connectivity index is 1.54. The van der Waals surface area contributed by atoms with E-state index in [1.54, 1.807) is 18.2 Å². The lowest BCUT2D eigenvalue weighted by atomic mass is 9.78. The first-order chi connectivity index (χ1) is 13.4. The topological polar surface area (TPSA) is 46.1 Å². The maximum atomic E-state index is 13.2. The van der Waals surface area contributed by atoms with Crippen LogP contribution in [0.3, 0.4) is 0 Å². The zero-order valence-electron chi connectivity index (χ0n) is 15.4. The van der Waals surface area contributed by atoms with Crippen LogP contribution in [-0.2, 0) is 11.0 Å². The molecule has 1 aromatic heterocycles. The van der Waals surface area contributed by atoms with Crippen LogP contribution in [-0.4, -0.2) is 39.1 Å². The molecular formula is C20H22F3N3OS. The average molecular weight is 409 g/mol. The summed E-state index contributed by atoms with van der Waals surface area (Å²) in [5.41, 5.74) is 0.241. The van der Waals surface area contributed by atoms with E-state index in [9.17, 15) is 18.0 Å². The number of hydrogen-bond donors (Lipinski definition) is 0. The number of nitrogens with zero attached hydrogens (tertiary/aromatic N) is 3. The van der Waals surface area contributed by atoms with Gasteiger partial charge in [0, 0.05) is 18.0 Å². The number of carbonyl (C=O) groups is 1. The lowest BCUT2D eigenvalue weighted by Crippen LogP contribution is -2.50. The molecule has 2 heterocycles. The number of fused-ring (bicyclic) bond motifs is 2. The van der Waals surface area contributed by atoms with Crippen LogP contribution >= 0.6 is 11.8 Å². The molecule has 28 heavy (non-hydrogen) atoms. The van der Waals surface area contributed by atoms with Crippen molar-refractivity contribution >= 4 is 28.6 Å². The predicted octanol–water partition coefficient (Wildman–Crippen LogP) is 4.92. The summed E-state index contributed by atoms with van der Waals surface area (Å²) in [4.78, 5) is 22.2. The number of benzene rings is 1. The van der Waals surface area contributed by atoms with Gasteiger partial charge in [-0.3, -0.25) is 4.79 Å². The lowest BCUT2D eigenvalue weighted by Gasteiger charge is -2.44. The molecule has 1 aromatic carbocycles. The van der Waals surface area contributed by atoms with Crippen LogP contribution in [0, 0.1) is 5.92 Å². The molecule has 1 saturated heterocycles. The minimum Gasteiger partial charge on any atom is -0.339 e. The normalized spacial score (nSPS) is 22.9. The van der Waals surface area contributed by atoms with Crippen LogP contribution in [0.25, 0.3) is 10.9 Å². The molecule has 0 radical (unpaired) electrons. The largest absolute Gasteiger partial charge is 0.451 e. The SMILES string of the molecule is O=C(CSc1nc(C(F)(F)F)nc2ccccc12)N1CCC[C@H]2CCCC[C@H]21. The van der Waals surface area contributed by atoms with Gasteiger partial charge >= 0.3 is 6.18 Å². The number of thioether (sulfide) groups is 1. The minimum absolute atomic E-state index is 0.00199. The van der Waals surface area contributed by atoms with E-state index in [1.165, 1.54) is 25.3 Å². The number of carbonyl (C=O) groups excluding carboxylic acids is 1. The van der Waals surface area contributed by atoms with Crippen LogP contribution in [0.2, 0.25) is 0 Å². The van der Waals surface area contributed by atoms with Crippen molar-refractivity contribution in [2.75, 3.05) is 12.3 Å². The Morgan fingerprint density at radius 1 is 1.11 bits per heavy atom. The van der Waals surface area contributed by atoms with E-state index in [4.69, 9.17) is 0 Å². The fourth-order valence-electron chi connectivity index (χ4n) is 4.43. The molecule has 1 aliphatic heterocycles. The Labute approximate surface area is 165 Å².